The fourth-order valence-electron chi connectivity index (χ4n) is 3.26. The third-order valence-electron chi connectivity index (χ3n) is 5.19. The Morgan fingerprint density at radius 1 is 1.35 bits per heavy atom. The van der Waals surface area contributed by atoms with Gasteiger partial charge in [0.25, 0.3) is 0 Å². The van der Waals surface area contributed by atoms with Crippen LogP contribution >= 0.6 is 15.9 Å². The molecule has 1 aliphatic heterocycles. The average molecular weight is 338 g/mol. The zero-order valence-electron chi connectivity index (χ0n) is 12.6. The summed E-state index contributed by atoms with van der Waals surface area (Å²) in [6, 6.07) is 6.80. The molecule has 1 heterocycles. The van der Waals surface area contributed by atoms with E-state index >= 15 is 0 Å². The fourth-order valence-corrected chi connectivity index (χ4v) is 3.63. The molecule has 1 aromatic carbocycles. The molecule has 0 bridgehead atoms. The Bertz CT molecular complexity index is 512. The second kappa shape index (κ2) is 5.03. The first-order valence-corrected chi connectivity index (χ1v) is 8.49. The molecule has 1 saturated carbocycles. The number of fused-ring (bicyclic) bond motifs is 1. The number of hydrogen-bond donors (Lipinski definition) is 1. The lowest BCUT2D eigenvalue weighted by Crippen LogP contribution is -2.47. The van der Waals surface area contributed by atoms with Crippen molar-refractivity contribution in [1.82, 2.24) is 5.32 Å². The van der Waals surface area contributed by atoms with Crippen molar-refractivity contribution in [1.29, 1.82) is 0 Å². The first kappa shape index (κ1) is 14.4. The van der Waals surface area contributed by atoms with Crippen LogP contribution in [0.15, 0.2) is 22.7 Å². The molecule has 1 N–H and O–H groups in total. The van der Waals surface area contributed by atoms with Gasteiger partial charge in [0.05, 0.1) is 0 Å². The molecule has 3 heteroatoms. The molecule has 0 radical (unpaired) electrons. The summed E-state index contributed by atoms with van der Waals surface area (Å²) in [6.45, 7) is 7.94. The molecule has 110 valence electrons. The predicted octanol–water partition coefficient (Wildman–Crippen LogP) is 4.83. The van der Waals surface area contributed by atoms with Gasteiger partial charge in [-0.3, -0.25) is 0 Å². The minimum Gasteiger partial charge on any atom is -0.487 e. The number of benzene rings is 1. The normalized spacial score (nSPS) is 30.5. The van der Waals surface area contributed by atoms with E-state index in [9.17, 15) is 0 Å². The van der Waals surface area contributed by atoms with Gasteiger partial charge in [0, 0.05) is 27.9 Å². The highest BCUT2D eigenvalue weighted by atomic mass is 79.9. The molecule has 0 saturated heterocycles. The summed E-state index contributed by atoms with van der Waals surface area (Å²) in [5.74, 6) is 1.06. The number of ether oxygens (including phenoxy) is 1. The summed E-state index contributed by atoms with van der Waals surface area (Å²) < 4.78 is 7.58. The van der Waals surface area contributed by atoms with E-state index in [4.69, 9.17) is 4.74 Å². The molecule has 1 aliphatic carbocycles. The van der Waals surface area contributed by atoms with Gasteiger partial charge >= 0.3 is 0 Å². The van der Waals surface area contributed by atoms with E-state index < -0.39 is 0 Å². The van der Waals surface area contributed by atoms with E-state index in [2.05, 4.69) is 60.2 Å². The summed E-state index contributed by atoms with van der Waals surface area (Å²) in [6.07, 6.45) is 4.80. The van der Waals surface area contributed by atoms with Gasteiger partial charge in [0.15, 0.2) is 0 Å². The van der Waals surface area contributed by atoms with Crippen molar-refractivity contribution in [2.24, 2.45) is 5.41 Å². The van der Waals surface area contributed by atoms with E-state index in [0.29, 0.717) is 11.5 Å². The molecule has 0 aromatic heterocycles. The van der Waals surface area contributed by atoms with Gasteiger partial charge in [0.2, 0.25) is 0 Å². The van der Waals surface area contributed by atoms with E-state index in [1.54, 1.807) is 0 Å². The molecule has 20 heavy (non-hydrogen) atoms. The number of hydrogen-bond acceptors (Lipinski definition) is 2. The highest BCUT2D eigenvalue weighted by Gasteiger charge is 2.57. The van der Waals surface area contributed by atoms with E-state index in [1.165, 1.54) is 18.4 Å². The largest absolute Gasteiger partial charge is 0.487 e. The molecule has 2 nitrogen and oxygen atoms in total. The Kier molecular flexibility index (Phi) is 3.62. The van der Waals surface area contributed by atoms with Crippen LogP contribution in [0.5, 0.6) is 5.75 Å². The van der Waals surface area contributed by atoms with Crippen LogP contribution in [-0.2, 0) is 0 Å². The lowest BCUT2D eigenvalue weighted by atomic mass is 9.78. The first-order valence-electron chi connectivity index (χ1n) is 7.69. The highest BCUT2D eigenvalue weighted by Crippen LogP contribution is 2.59. The Balaban J connectivity index is 1.94. The van der Waals surface area contributed by atoms with Crippen LogP contribution in [-0.4, -0.2) is 12.1 Å². The van der Waals surface area contributed by atoms with E-state index in [-0.39, 0.29) is 5.60 Å². The molecule has 2 aliphatic rings. The van der Waals surface area contributed by atoms with Crippen molar-refractivity contribution < 1.29 is 4.74 Å². The van der Waals surface area contributed by atoms with Crippen molar-refractivity contribution in [2.45, 2.75) is 58.1 Å². The van der Waals surface area contributed by atoms with E-state index in [1.807, 2.05) is 0 Å². The maximum atomic E-state index is 6.45. The number of rotatable bonds is 4. The second-order valence-electron chi connectivity index (χ2n) is 6.79. The van der Waals surface area contributed by atoms with Crippen molar-refractivity contribution in [3.05, 3.63) is 28.2 Å². The Morgan fingerprint density at radius 2 is 2.10 bits per heavy atom. The van der Waals surface area contributed by atoms with Gasteiger partial charge in [-0.25, -0.2) is 0 Å². The molecular weight excluding hydrogens is 314 g/mol. The minimum atomic E-state index is -0.0424. The molecule has 0 amide bonds. The molecule has 0 spiro atoms. The monoisotopic (exact) mass is 337 g/mol. The molecule has 2 unspecified atom stereocenters. The third-order valence-corrected chi connectivity index (χ3v) is 5.69. The van der Waals surface area contributed by atoms with Crippen LogP contribution in [0.3, 0.4) is 0 Å². The van der Waals surface area contributed by atoms with Crippen LogP contribution in [0.25, 0.3) is 0 Å². The Morgan fingerprint density at radius 3 is 2.75 bits per heavy atom. The standard InChI is InChI=1S/C17H24BrNO/c1-4-9-19-14-11-17(3,16(2)7-8-16)20-15-6-5-12(18)10-13(14)15/h5-6,10,14,19H,4,7-9,11H2,1-3H3. The number of nitrogens with one attached hydrogen (secondary N) is 1. The van der Waals surface area contributed by atoms with Gasteiger partial charge in [-0.1, -0.05) is 29.8 Å². The van der Waals surface area contributed by atoms with Crippen LogP contribution in [0, 0.1) is 5.41 Å². The van der Waals surface area contributed by atoms with Crippen molar-refractivity contribution in [2.75, 3.05) is 6.54 Å². The Labute approximate surface area is 130 Å². The molecule has 3 rings (SSSR count). The van der Waals surface area contributed by atoms with Gasteiger partial charge in [0.1, 0.15) is 11.4 Å². The number of halogens is 1. The van der Waals surface area contributed by atoms with Crippen molar-refractivity contribution in [3.8, 4) is 5.75 Å². The highest BCUT2D eigenvalue weighted by molar-refractivity contribution is 9.10. The van der Waals surface area contributed by atoms with Crippen LogP contribution < -0.4 is 10.1 Å². The maximum absolute atomic E-state index is 6.45. The van der Waals surface area contributed by atoms with Gasteiger partial charge in [-0.2, -0.15) is 0 Å². The molecule has 1 fully saturated rings. The maximum Gasteiger partial charge on any atom is 0.125 e. The Hall–Kier alpha value is -0.540. The lowest BCUT2D eigenvalue weighted by Gasteiger charge is -2.44. The summed E-state index contributed by atoms with van der Waals surface area (Å²) >= 11 is 3.58. The summed E-state index contributed by atoms with van der Waals surface area (Å²) in [7, 11) is 0. The van der Waals surface area contributed by atoms with Crippen LogP contribution in [0.1, 0.15) is 58.1 Å². The first-order chi connectivity index (χ1) is 9.47. The van der Waals surface area contributed by atoms with E-state index in [0.717, 1.165) is 29.6 Å². The minimum absolute atomic E-state index is 0.0424. The average Bonchev–Trinajstić information content (AvgIpc) is 3.16. The predicted molar refractivity (Wildman–Crippen MR) is 86.2 cm³/mol. The van der Waals surface area contributed by atoms with Crippen molar-refractivity contribution >= 4 is 15.9 Å². The SMILES string of the molecule is CCCNC1CC(C)(C2(C)CC2)Oc2ccc(Br)cc21. The van der Waals surface area contributed by atoms with Gasteiger partial charge in [-0.05, 0) is 50.9 Å². The molecule has 2 atom stereocenters. The second-order valence-corrected chi connectivity index (χ2v) is 7.70. The summed E-state index contributed by atoms with van der Waals surface area (Å²) in [5, 5.41) is 3.71. The molecular formula is C17H24BrNO. The summed E-state index contributed by atoms with van der Waals surface area (Å²) in [5.41, 5.74) is 1.61. The van der Waals surface area contributed by atoms with Crippen LogP contribution in [0.4, 0.5) is 0 Å². The third kappa shape index (κ3) is 2.39. The van der Waals surface area contributed by atoms with Gasteiger partial charge in [-0.15, -0.1) is 0 Å². The quantitative estimate of drug-likeness (QED) is 0.849. The zero-order valence-corrected chi connectivity index (χ0v) is 14.2. The van der Waals surface area contributed by atoms with Gasteiger partial charge < -0.3 is 10.1 Å². The van der Waals surface area contributed by atoms with Crippen LogP contribution in [0.2, 0.25) is 0 Å². The zero-order chi connectivity index (χ0) is 14.4. The summed E-state index contributed by atoms with van der Waals surface area (Å²) in [4.78, 5) is 0. The molecule has 1 aromatic rings. The topological polar surface area (TPSA) is 21.3 Å². The smallest absolute Gasteiger partial charge is 0.125 e. The fraction of sp³-hybridized carbons (Fsp3) is 0.647. The van der Waals surface area contributed by atoms with Crippen molar-refractivity contribution in [3.63, 3.8) is 0 Å². The lowest BCUT2D eigenvalue weighted by molar-refractivity contribution is -0.0133.